The summed E-state index contributed by atoms with van der Waals surface area (Å²) in [4.78, 5) is 23.1. The molecule has 3 heterocycles. The van der Waals surface area contributed by atoms with E-state index in [1.54, 1.807) is 22.7 Å². The van der Waals surface area contributed by atoms with Crippen molar-refractivity contribution in [1.82, 2.24) is 9.97 Å². The Hall–Kier alpha value is -1.95. The third kappa shape index (κ3) is 3.34. The molecule has 0 unspecified atom stereocenters. The minimum atomic E-state index is -0.111. The predicted molar refractivity (Wildman–Crippen MR) is 107 cm³/mol. The van der Waals surface area contributed by atoms with Crippen molar-refractivity contribution in [2.45, 2.75) is 31.2 Å². The number of amides is 1. The Balaban J connectivity index is 1.47. The van der Waals surface area contributed by atoms with E-state index in [2.05, 4.69) is 28.3 Å². The largest absolute Gasteiger partial charge is 0.316 e. The van der Waals surface area contributed by atoms with Crippen molar-refractivity contribution >= 4 is 55.6 Å². The first-order valence-electron chi connectivity index (χ1n) is 8.31. The van der Waals surface area contributed by atoms with E-state index in [-0.39, 0.29) is 11.7 Å². The number of hydrogen-bond acceptors (Lipinski definition) is 7. The Kier molecular flexibility index (Phi) is 4.94. The minimum Gasteiger partial charge on any atom is -0.316 e. The van der Waals surface area contributed by atoms with Gasteiger partial charge in [0.15, 0.2) is 0 Å². The molecule has 0 bridgehead atoms. The average molecular weight is 401 g/mol. The highest BCUT2D eigenvalue weighted by Gasteiger charge is 2.24. The van der Waals surface area contributed by atoms with Crippen molar-refractivity contribution < 1.29 is 4.79 Å². The number of rotatable bonds is 4. The Morgan fingerprint density at radius 1 is 1.50 bits per heavy atom. The van der Waals surface area contributed by atoms with Crippen molar-refractivity contribution in [3.63, 3.8) is 0 Å². The second-order valence-corrected chi connectivity index (χ2v) is 9.29. The van der Waals surface area contributed by atoms with E-state index in [0.717, 1.165) is 40.1 Å². The molecule has 132 valence electrons. The number of nitriles is 1. The van der Waals surface area contributed by atoms with E-state index in [1.165, 1.54) is 23.0 Å². The van der Waals surface area contributed by atoms with Crippen LogP contribution >= 0.6 is 34.4 Å². The number of nitrogens with one attached hydrogen (secondary N) is 1. The summed E-state index contributed by atoms with van der Waals surface area (Å²) in [6, 6.07) is 4.26. The first-order valence-corrected chi connectivity index (χ1v) is 11.0. The first-order chi connectivity index (χ1) is 12.7. The van der Waals surface area contributed by atoms with E-state index in [0.29, 0.717) is 16.5 Å². The number of anilines is 1. The van der Waals surface area contributed by atoms with Crippen LogP contribution in [0.25, 0.3) is 10.2 Å². The zero-order valence-corrected chi connectivity index (χ0v) is 16.6. The third-order valence-electron chi connectivity index (χ3n) is 4.44. The molecule has 8 heteroatoms. The molecule has 0 saturated carbocycles. The number of carbonyl (C=O) groups excluding carboxylic acids is 1. The fraction of sp³-hybridized carbons (Fsp3) is 0.333. The second kappa shape index (κ2) is 7.35. The van der Waals surface area contributed by atoms with Gasteiger partial charge in [-0.1, -0.05) is 18.7 Å². The highest BCUT2D eigenvalue weighted by molar-refractivity contribution is 8.00. The van der Waals surface area contributed by atoms with E-state index in [1.807, 2.05) is 11.4 Å². The first kappa shape index (κ1) is 17.5. The van der Waals surface area contributed by atoms with Gasteiger partial charge in [0, 0.05) is 10.3 Å². The van der Waals surface area contributed by atoms with E-state index < -0.39 is 0 Å². The molecule has 3 aromatic heterocycles. The Labute approximate surface area is 163 Å². The van der Waals surface area contributed by atoms with Gasteiger partial charge < -0.3 is 5.32 Å². The monoisotopic (exact) mass is 400 g/mol. The highest BCUT2D eigenvalue weighted by atomic mass is 32.2. The van der Waals surface area contributed by atoms with E-state index in [4.69, 9.17) is 0 Å². The van der Waals surface area contributed by atoms with Crippen LogP contribution in [0, 0.1) is 17.2 Å². The SMILES string of the molecule is C[C@H]1CCc2c(sc(NC(=O)CSc3ncnc4sccc34)c2C#N)C1. The molecule has 1 aliphatic rings. The van der Waals surface area contributed by atoms with Crippen LogP contribution in [0.15, 0.2) is 22.8 Å². The number of carbonyl (C=O) groups is 1. The summed E-state index contributed by atoms with van der Waals surface area (Å²) in [5.74, 6) is 0.781. The van der Waals surface area contributed by atoms with Gasteiger partial charge in [-0.15, -0.1) is 22.7 Å². The molecule has 1 aliphatic carbocycles. The Morgan fingerprint density at radius 3 is 3.23 bits per heavy atom. The van der Waals surface area contributed by atoms with Gasteiger partial charge in [-0.3, -0.25) is 4.79 Å². The lowest BCUT2D eigenvalue weighted by atomic mass is 9.89. The zero-order valence-electron chi connectivity index (χ0n) is 14.1. The molecule has 0 aliphatic heterocycles. The van der Waals surface area contributed by atoms with Crippen LogP contribution in [-0.4, -0.2) is 21.6 Å². The summed E-state index contributed by atoms with van der Waals surface area (Å²) in [6.45, 7) is 2.23. The summed E-state index contributed by atoms with van der Waals surface area (Å²) >= 11 is 4.51. The molecule has 0 spiro atoms. The maximum atomic E-state index is 12.4. The van der Waals surface area contributed by atoms with Crippen LogP contribution in [0.5, 0.6) is 0 Å². The van der Waals surface area contributed by atoms with Crippen molar-refractivity contribution in [3.8, 4) is 6.07 Å². The van der Waals surface area contributed by atoms with Gasteiger partial charge >= 0.3 is 0 Å². The fourth-order valence-corrected chi connectivity index (χ4v) is 6.09. The van der Waals surface area contributed by atoms with Gasteiger partial charge in [0.25, 0.3) is 0 Å². The average Bonchev–Trinajstić information content (AvgIpc) is 3.23. The number of nitrogens with zero attached hydrogens (tertiary/aromatic N) is 3. The Bertz CT molecular complexity index is 1020. The van der Waals surface area contributed by atoms with Crippen LogP contribution in [0.4, 0.5) is 5.00 Å². The summed E-state index contributed by atoms with van der Waals surface area (Å²) in [5, 5.41) is 16.9. The van der Waals surface area contributed by atoms with Crippen LogP contribution in [-0.2, 0) is 17.6 Å². The quantitative estimate of drug-likeness (QED) is 0.516. The number of thioether (sulfide) groups is 1. The molecule has 5 nitrogen and oxygen atoms in total. The number of fused-ring (bicyclic) bond motifs is 2. The maximum Gasteiger partial charge on any atom is 0.235 e. The zero-order chi connectivity index (χ0) is 18.1. The van der Waals surface area contributed by atoms with Crippen LogP contribution < -0.4 is 5.32 Å². The molecule has 26 heavy (non-hydrogen) atoms. The fourth-order valence-electron chi connectivity index (χ4n) is 3.14. The second-order valence-electron chi connectivity index (χ2n) is 6.32. The maximum absolute atomic E-state index is 12.4. The van der Waals surface area contributed by atoms with Crippen LogP contribution in [0.3, 0.4) is 0 Å². The van der Waals surface area contributed by atoms with Gasteiger partial charge in [0.1, 0.15) is 27.3 Å². The highest BCUT2D eigenvalue weighted by Crippen LogP contribution is 2.39. The summed E-state index contributed by atoms with van der Waals surface area (Å²) in [6.07, 6.45) is 4.56. The molecule has 1 N–H and O–H groups in total. The molecule has 1 amide bonds. The van der Waals surface area contributed by atoms with Crippen LogP contribution in [0.1, 0.15) is 29.3 Å². The number of aromatic nitrogens is 2. The van der Waals surface area contributed by atoms with Crippen molar-refractivity contribution in [3.05, 3.63) is 33.8 Å². The summed E-state index contributed by atoms with van der Waals surface area (Å²) in [5.41, 5.74) is 1.78. The molecule has 0 aromatic carbocycles. The van der Waals surface area contributed by atoms with E-state index >= 15 is 0 Å². The van der Waals surface area contributed by atoms with Crippen molar-refractivity contribution in [1.29, 1.82) is 5.26 Å². The van der Waals surface area contributed by atoms with E-state index in [9.17, 15) is 10.1 Å². The lowest BCUT2D eigenvalue weighted by molar-refractivity contribution is -0.113. The summed E-state index contributed by atoms with van der Waals surface area (Å²) in [7, 11) is 0. The molecule has 0 radical (unpaired) electrons. The smallest absolute Gasteiger partial charge is 0.235 e. The molecule has 1 atom stereocenters. The minimum absolute atomic E-state index is 0.111. The van der Waals surface area contributed by atoms with Gasteiger partial charge in [-0.05, 0) is 42.2 Å². The molecule has 4 rings (SSSR count). The third-order valence-corrected chi connectivity index (χ3v) is 7.44. The van der Waals surface area contributed by atoms with Gasteiger partial charge in [0.2, 0.25) is 5.91 Å². The van der Waals surface area contributed by atoms with Gasteiger partial charge in [-0.2, -0.15) is 5.26 Å². The molecule has 0 saturated heterocycles. The van der Waals surface area contributed by atoms with Crippen molar-refractivity contribution in [2.75, 3.05) is 11.1 Å². The lowest BCUT2D eigenvalue weighted by Crippen LogP contribution is -2.14. The topological polar surface area (TPSA) is 78.7 Å². The molecule has 3 aromatic rings. The number of hydrogen-bond donors (Lipinski definition) is 1. The molecular weight excluding hydrogens is 384 g/mol. The summed E-state index contributed by atoms with van der Waals surface area (Å²) < 4.78 is 0. The predicted octanol–water partition coefficient (Wildman–Crippen LogP) is 4.48. The Morgan fingerprint density at radius 2 is 2.38 bits per heavy atom. The van der Waals surface area contributed by atoms with Crippen molar-refractivity contribution in [2.24, 2.45) is 5.92 Å². The van der Waals surface area contributed by atoms with Crippen LogP contribution in [0.2, 0.25) is 0 Å². The lowest BCUT2D eigenvalue weighted by Gasteiger charge is -2.17. The number of thiophene rings is 2. The molecule has 0 fully saturated rings. The standard InChI is InChI=1S/C18H16N4OS3/c1-10-2-3-11-13(7-19)18(26-14(11)6-10)22-15(23)8-25-17-12-4-5-24-16(12)20-9-21-17/h4-5,9-10H,2-3,6,8H2,1H3,(H,22,23)/t10-/m0/s1. The normalized spacial score (nSPS) is 16.2. The molecular formula is C18H16N4OS3. The van der Waals surface area contributed by atoms with Gasteiger partial charge in [0.05, 0.1) is 11.3 Å². The van der Waals surface area contributed by atoms with Gasteiger partial charge in [-0.25, -0.2) is 9.97 Å².